The van der Waals surface area contributed by atoms with Crippen LogP contribution in [0.15, 0.2) is 70.5 Å². The monoisotopic (exact) mass is 491 g/mol. The fourth-order valence-electron chi connectivity index (χ4n) is 5.10. The second kappa shape index (κ2) is 9.43. The zero-order valence-electron chi connectivity index (χ0n) is 19.8. The number of aromatic hydroxyl groups is 1. The summed E-state index contributed by atoms with van der Waals surface area (Å²) in [6, 6.07) is 17.0. The molecule has 182 valence electrons. The minimum Gasteiger partial charge on any atom is -0.502 e. The second-order valence-electron chi connectivity index (χ2n) is 9.47. The van der Waals surface area contributed by atoms with Crippen molar-refractivity contribution in [2.24, 2.45) is 5.92 Å². The molecule has 2 aromatic carbocycles. The lowest BCUT2D eigenvalue weighted by molar-refractivity contribution is 0.0460. The third kappa shape index (κ3) is 4.10. The smallest absolute Gasteiger partial charge is 0.278 e. The average Bonchev–Trinajstić information content (AvgIpc) is 3.02. The molecule has 0 spiro atoms. The Labute approximate surface area is 208 Å². The van der Waals surface area contributed by atoms with Gasteiger partial charge in [0.15, 0.2) is 11.4 Å². The number of aliphatic hydroxyl groups is 1. The summed E-state index contributed by atoms with van der Waals surface area (Å²) in [5.74, 6) is 0.0334. The molecule has 7 nitrogen and oxygen atoms in total. The number of fused-ring (bicyclic) bond motifs is 3. The van der Waals surface area contributed by atoms with Crippen LogP contribution in [0.3, 0.4) is 0 Å². The van der Waals surface area contributed by atoms with E-state index in [-0.39, 0.29) is 30.9 Å². The van der Waals surface area contributed by atoms with Gasteiger partial charge in [-0.05, 0) is 35.1 Å². The van der Waals surface area contributed by atoms with Crippen LogP contribution in [0.25, 0.3) is 0 Å². The van der Waals surface area contributed by atoms with Gasteiger partial charge in [0.05, 0.1) is 18.7 Å². The van der Waals surface area contributed by atoms with Crippen LogP contribution in [0.5, 0.6) is 5.75 Å². The van der Waals surface area contributed by atoms with E-state index >= 15 is 0 Å². The topological polar surface area (TPSA) is 86.0 Å². The molecule has 2 aliphatic rings. The third-order valence-corrected chi connectivity index (χ3v) is 7.87. The number of pyridine rings is 1. The second-order valence-corrected chi connectivity index (χ2v) is 10.5. The van der Waals surface area contributed by atoms with Crippen LogP contribution in [0, 0.1) is 5.92 Å². The van der Waals surface area contributed by atoms with Crippen molar-refractivity contribution in [3.63, 3.8) is 0 Å². The van der Waals surface area contributed by atoms with E-state index in [1.165, 1.54) is 11.6 Å². The van der Waals surface area contributed by atoms with Gasteiger partial charge in [-0.3, -0.25) is 19.3 Å². The molecule has 0 fully saturated rings. The largest absolute Gasteiger partial charge is 0.502 e. The maximum absolute atomic E-state index is 13.6. The van der Waals surface area contributed by atoms with Crippen molar-refractivity contribution < 1.29 is 15.0 Å². The number of thioether (sulfide) groups is 1. The molecule has 2 atom stereocenters. The fraction of sp³-hybridized carbons (Fsp3) is 0.333. The highest BCUT2D eigenvalue weighted by Crippen LogP contribution is 2.43. The molecular weight excluding hydrogens is 462 g/mol. The van der Waals surface area contributed by atoms with Crippen molar-refractivity contribution in [2.75, 3.05) is 18.3 Å². The number of rotatable bonds is 5. The van der Waals surface area contributed by atoms with Crippen LogP contribution in [-0.2, 0) is 5.75 Å². The molecule has 1 amide bonds. The molecule has 35 heavy (non-hydrogen) atoms. The lowest BCUT2D eigenvalue weighted by atomic mass is 9.94. The normalized spacial score (nSPS) is 18.1. The van der Waals surface area contributed by atoms with Crippen molar-refractivity contribution in [3.8, 4) is 5.75 Å². The summed E-state index contributed by atoms with van der Waals surface area (Å²) < 4.78 is 1.62. The minimum atomic E-state index is -0.604. The fourth-order valence-corrected chi connectivity index (χ4v) is 6.20. The van der Waals surface area contributed by atoms with Crippen LogP contribution in [0.4, 0.5) is 0 Å². The number of carbonyl (C=O) groups is 1. The van der Waals surface area contributed by atoms with E-state index in [0.717, 1.165) is 21.8 Å². The molecule has 2 N–H and O–H groups in total. The van der Waals surface area contributed by atoms with Gasteiger partial charge in [0.1, 0.15) is 6.67 Å². The van der Waals surface area contributed by atoms with Crippen molar-refractivity contribution in [2.45, 2.75) is 43.0 Å². The quantitative estimate of drug-likeness (QED) is 0.566. The predicted octanol–water partition coefficient (Wildman–Crippen LogP) is 3.71. The van der Waals surface area contributed by atoms with Crippen LogP contribution in [-0.4, -0.2) is 45.0 Å². The summed E-state index contributed by atoms with van der Waals surface area (Å²) >= 11 is 1.77. The van der Waals surface area contributed by atoms with E-state index in [4.69, 9.17) is 0 Å². The van der Waals surface area contributed by atoms with E-state index in [1.807, 2.05) is 43.1 Å². The summed E-state index contributed by atoms with van der Waals surface area (Å²) in [4.78, 5) is 28.8. The number of aromatic nitrogens is 1. The van der Waals surface area contributed by atoms with Crippen LogP contribution < -0.4 is 10.4 Å². The Bertz CT molecular complexity index is 1270. The van der Waals surface area contributed by atoms with Crippen LogP contribution in [0.2, 0.25) is 0 Å². The lowest BCUT2D eigenvalue weighted by Crippen LogP contribution is -2.59. The molecule has 0 bridgehead atoms. The van der Waals surface area contributed by atoms with Crippen LogP contribution in [0.1, 0.15) is 53.5 Å². The Morgan fingerprint density at radius 1 is 1.03 bits per heavy atom. The van der Waals surface area contributed by atoms with Crippen LogP contribution >= 0.6 is 11.8 Å². The first-order valence-corrected chi connectivity index (χ1v) is 12.8. The van der Waals surface area contributed by atoms with Crippen molar-refractivity contribution in [1.82, 2.24) is 9.58 Å². The highest BCUT2D eigenvalue weighted by molar-refractivity contribution is 7.98. The average molecular weight is 492 g/mol. The van der Waals surface area contributed by atoms with E-state index in [0.29, 0.717) is 6.42 Å². The Kier molecular flexibility index (Phi) is 6.34. The van der Waals surface area contributed by atoms with E-state index in [9.17, 15) is 19.8 Å². The number of aliphatic hydroxyl groups excluding tert-OH is 1. The maximum Gasteiger partial charge on any atom is 0.278 e. The van der Waals surface area contributed by atoms with E-state index in [1.54, 1.807) is 27.5 Å². The Morgan fingerprint density at radius 2 is 1.74 bits per heavy atom. The van der Waals surface area contributed by atoms with Gasteiger partial charge in [-0.2, -0.15) is 0 Å². The van der Waals surface area contributed by atoms with Gasteiger partial charge in [-0.1, -0.05) is 56.3 Å². The molecule has 0 radical (unpaired) electrons. The molecule has 1 unspecified atom stereocenters. The predicted molar refractivity (Wildman–Crippen MR) is 136 cm³/mol. The molecular formula is C27H29N3O4S. The van der Waals surface area contributed by atoms with E-state index in [2.05, 4.69) is 24.3 Å². The van der Waals surface area contributed by atoms with Gasteiger partial charge in [0.2, 0.25) is 5.43 Å². The molecule has 8 heteroatoms. The van der Waals surface area contributed by atoms with Crippen molar-refractivity contribution in [3.05, 3.63) is 93.4 Å². The standard InChI is InChI=1S/C27H29N3O4S/c1-17(2)13-19(14-31)28-16-30(29-12-11-22(32)26(33)25(29)27(28)34)24-20-8-4-3-7-18(20)15-35-23-10-6-5-9-21(23)24/h3-12,17,19,24,31,33H,13-16H2,1-2H3/t19-,24?/m0/s1. The first kappa shape index (κ1) is 23.5. The summed E-state index contributed by atoms with van der Waals surface area (Å²) in [7, 11) is 0. The van der Waals surface area contributed by atoms with Crippen molar-refractivity contribution in [1.29, 1.82) is 0 Å². The molecule has 3 aromatic rings. The minimum absolute atomic E-state index is 0.0715. The summed E-state index contributed by atoms with van der Waals surface area (Å²) in [5.41, 5.74) is 2.71. The van der Waals surface area contributed by atoms with Gasteiger partial charge in [0.25, 0.3) is 5.91 Å². The Morgan fingerprint density at radius 3 is 2.49 bits per heavy atom. The number of hydrogen-bond donors (Lipinski definition) is 2. The molecule has 0 aliphatic carbocycles. The summed E-state index contributed by atoms with van der Waals surface area (Å²) in [6.07, 6.45) is 2.16. The zero-order chi connectivity index (χ0) is 24.7. The van der Waals surface area contributed by atoms with Crippen molar-refractivity contribution >= 4 is 17.7 Å². The number of amides is 1. The number of hydrogen-bond acceptors (Lipinski definition) is 6. The first-order valence-electron chi connectivity index (χ1n) is 11.8. The van der Waals surface area contributed by atoms with E-state index < -0.39 is 23.1 Å². The maximum atomic E-state index is 13.6. The van der Waals surface area contributed by atoms with Gasteiger partial charge in [-0.15, -0.1) is 11.8 Å². The molecule has 0 saturated carbocycles. The van der Waals surface area contributed by atoms with Gasteiger partial charge in [0, 0.05) is 22.9 Å². The summed E-state index contributed by atoms with van der Waals surface area (Å²) in [5, 5.41) is 23.0. The zero-order valence-corrected chi connectivity index (χ0v) is 20.6. The highest BCUT2D eigenvalue weighted by Gasteiger charge is 2.40. The number of benzene rings is 2. The van der Waals surface area contributed by atoms with Gasteiger partial charge < -0.3 is 15.1 Å². The molecule has 2 aliphatic heterocycles. The Hall–Kier alpha value is -3.23. The van der Waals surface area contributed by atoms with Gasteiger partial charge >= 0.3 is 0 Å². The third-order valence-electron chi connectivity index (χ3n) is 6.73. The first-order chi connectivity index (χ1) is 16.9. The molecule has 0 saturated heterocycles. The molecule has 5 rings (SSSR count). The highest BCUT2D eigenvalue weighted by atomic mass is 32.2. The molecule has 3 heterocycles. The number of nitrogens with zero attached hydrogens (tertiary/aromatic N) is 3. The summed E-state index contributed by atoms with van der Waals surface area (Å²) in [6.45, 7) is 4.08. The van der Waals surface area contributed by atoms with Gasteiger partial charge in [-0.25, -0.2) is 0 Å². The molecule has 1 aromatic heterocycles. The SMILES string of the molecule is CC(C)C[C@@H](CO)N1CN(C2c3ccccc3CSc3ccccc32)n2ccc(=O)c(O)c2C1=O. The number of carbonyl (C=O) groups excluding carboxylic acids is 1. The Balaban J connectivity index is 1.74. The lowest BCUT2D eigenvalue weighted by Gasteiger charge is -2.46.